The Balaban J connectivity index is 1.45. The Morgan fingerprint density at radius 2 is 1.97 bits per heavy atom. The van der Waals surface area contributed by atoms with Crippen LogP contribution in [0.5, 0.6) is 5.75 Å². The second kappa shape index (κ2) is 9.84. The molecule has 2 aromatic heterocycles. The summed E-state index contributed by atoms with van der Waals surface area (Å²) in [6.45, 7) is -0.367. The fourth-order valence-electron chi connectivity index (χ4n) is 3.28. The fraction of sp³-hybridized carbons (Fsp3) is 0.167. The fourth-order valence-corrected chi connectivity index (χ4v) is 3.93. The summed E-state index contributed by atoms with van der Waals surface area (Å²) in [6, 6.07) is 14.6. The summed E-state index contributed by atoms with van der Waals surface area (Å²) in [5, 5.41) is 17.3. The van der Waals surface area contributed by atoms with E-state index in [9.17, 15) is 13.9 Å². The average molecular weight is 454 g/mol. The van der Waals surface area contributed by atoms with Crippen molar-refractivity contribution in [2.75, 3.05) is 6.61 Å². The molecule has 0 amide bonds. The second-order valence-electron chi connectivity index (χ2n) is 7.30. The lowest BCUT2D eigenvalue weighted by atomic mass is 9.94. The third-order valence-corrected chi connectivity index (χ3v) is 5.74. The van der Waals surface area contributed by atoms with Crippen LogP contribution in [0.1, 0.15) is 16.0 Å². The van der Waals surface area contributed by atoms with E-state index in [0.717, 1.165) is 24.1 Å². The van der Waals surface area contributed by atoms with Gasteiger partial charge in [-0.05, 0) is 47.7 Å². The van der Waals surface area contributed by atoms with Crippen molar-refractivity contribution in [2.24, 2.45) is 0 Å². The van der Waals surface area contributed by atoms with Gasteiger partial charge in [0.25, 0.3) is 0 Å². The Hall–Kier alpha value is -3.36. The number of aliphatic hydroxyl groups is 1. The van der Waals surface area contributed by atoms with Crippen LogP contribution >= 0.6 is 11.3 Å². The highest BCUT2D eigenvalue weighted by molar-refractivity contribution is 7.10. The van der Waals surface area contributed by atoms with Crippen molar-refractivity contribution in [3.63, 3.8) is 0 Å². The van der Waals surface area contributed by atoms with Gasteiger partial charge in [0.05, 0.1) is 6.54 Å². The topological polar surface area (TPSA) is 60.2 Å². The van der Waals surface area contributed by atoms with E-state index in [0.29, 0.717) is 5.75 Å². The molecule has 4 aromatic rings. The van der Waals surface area contributed by atoms with E-state index in [1.807, 2.05) is 23.6 Å². The maximum atomic E-state index is 14.5. The normalized spacial score (nSPS) is 13.3. The molecule has 0 fully saturated rings. The Morgan fingerprint density at radius 1 is 1.12 bits per heavy atom. The van der Waals surface area contributed by atoms with Gasteiger partial charge < -0.3 is 9.84 Å². The van der Waals surface area contributed by atoms with Crippen molar-refractivity contribution < 1.29 is 18.6 Å². The number of allylic oxidation sites excluding steroid dienone is 1. The van der Waals surface area contributed by atoms with E-state index in [1.165, 1.54) is 28.3 Å². The molecule has 0 radical (unpaired) electrons. The number of thiophene rings is 1. The molecule has 0 bridgehead atoms. The number of benzene rings is 2. The van der Waals surface area contributed by atoms with Crippen molar-refractivity contribution in [1.82, 2.24) is 14.8 Å². The summed E-state index contributed by atoms with van der Waals surface area (Å²) in [7, 11) is 0. The SMILES string of the molecule is OC(COc1ccc(CC=Cc2cccs2)cc1)(Cn1cncn1)c1ccc(F)cc1F. The van der Waals surface area contributed by atoms with E-state index >= 15 is 0 Å². The highest BCUT2D eigenvalue weighted by atomic mass is 32.1. The number of ether oxygens (including phenoxy) is 1. The first-order valence-corrected chi connectivity index (χ1v) is 10.8. The molecule has 5 nitrogen and oxygen atoms in total. The molecule has 0 aliphatic heterocycles. The van der Waals surface area contributed by atoms with Crippen LogP contribution in [0.25, 0.3) is 6.08 Å². The van der Waals surface area contributed by atoms with Crippen LogP contribution in [0.15, 0.2) is 78.7 Å². The predicted octanol–water partition coefficient (Wildman–Crippen LogP) is 4.84. The number of halogens is 2. The van der Waals surface area contributed by atoms with Crippen molar-refractivity contribution in [1.29, 1.82) is 0 Å². The molecule has 0 saturated carbocycles. The van der Waals surface area contributed by atoms with Gasteiger partial charge in [0.15, 0.2) is 0 Å². The lowest BCUT2D eigenvalue weighted by Gasteiger charge is -2.29. The monoisotopic (exact) mass is 453 g/mol. The second-order valence-corrected chi connectivity index (χ2v) is 8.28. The molecule has 1 unspecified atom stereocenters. The van der Waals surface area contributed by atoms with Crippen LogP contribution < -0.4 is 4.74 Å². The van der Waals surface area contributed by atoms with Gasteiger partial charge in [-0.3, -0.25) is 0 Å². The Morgan fingerprint density at radius 3 is 2.66 bits per heavy atom. The third-order valence-electron chi connectivity index (χ3n) is 4.90. The van der Waals surface area contributed by atoms with E-state index in [2.05, 4.69) is 28.3 Å². The van der Waals surface area contributed by atoms with Crippen molar-refractivity contribution in [2.45, 2.75) is 18.6 Å². The van der Waals surface area contributed by atoms with Crippen LogP contribution in [0.3, 0.4) is 0 Å². The smallest absolute Gasteiger partial charge is 0.146 e. The summed E-state index contributed by atoms with van der Waals surface area (Å²) in [5.74, 6) is -1.06. The predicted molar refractivity (Wildman–Crippen MR) is 119 cm³/mol. The zero-order valence-corrected chi connectivity index (χ0v) is 17.9. The molecule has 4 rings (SSSR count). The van der Waals surface area contributed by atoms with E-state index in [1.54, 1.807) is 23.5 Å². The Bertz CT molecular complexity index is 1160. The molecule has 1 atom stereocenters. The highest BCUT2D eigenvalue weighted by Crippen LogP contribution is 2.28. The molecule has 32 heavy (non-hydrogen) atoms. The molecule has 2 aromatic carbocycles. The maximum absolute atomic E-state index is 14.5. The third kappa shape index (κ3) is 5.46. The van der Waals surface area contributed by atoms with Crippen molar-refractivity contribution in [3.8, 4) is 5.75 Å². The van der Waals surface area contributed by atoms with Crippen molar-refractivity contribution in [3.05, 3.63) is 106 Å². The summed E-state index contributed by atoms with van der Waals surface area (Å²) < 4.78 is 35.0. The molecule has 0 aliphatic rings. The summed E-state index contributed by atoms with van der Waals surface area (Å²) in [5.41, 5.74) is -0.759. The molecular weight excluding hydrogens is 432 g/mol. The molecule has 1 N–H and O–H groups in total. The first-order valence-electron chi connectivity index (χ1n) is 9.94. The van der Waals surface area contributed by atoms with Crippen LogP contribution in [-0.2, 0) is 18.6 Å². The van der Waals surface area contributed by atoms with Gasteiger partial charge in [0.1, 0.15) is 42.2 Å². The summed E-state index contributed by atoms with van der Waals surface area (Å²) >= 11 is 1.68. The maximum Gasteiger partial charge on any atom is 0.146 e. The quantitative estimate of drug-likeness (QED) is 0.394. The molecule has 8 heteroatoms. The number of hydrogen-bond acceptors (Lipinski definition) is 5. The molecule has 0 aliphatic carbocycles. The highest BCUT2D eigenvalue weighted by Gasteiger charge is 2.34. The molecule has 0 saturated heterocycles. The summed E-state index contributed by atoms with van der Waals surface area (Å²) in [4.78, 5) is 5.05. The van der Waals surface area contributed by atoms with Crippen LogP contribution in [0, 0.1) is 11.6 Å². The largest absolute Gasteiger partial charge is 0.490 e. The number of aromatic nitrogens is 3. The zero-order chi connectivity index (χ0) is 22.4. The van der Waals surface area contributed by atoms with Crippen LogP contribution in [-0.4, -0.2) is 26.5 Å². The number of hydrogen-bond donors (Lipinski definition) is 1. The number of rotatable bonds is 9. The first-order chi connectivity index (χ1) is 15.5. The minimum Gasteiger partial charge on any atom is -0.490 e. The lowest BCUT2D eigenvalue weighted by molar-refractivity contribution is -0.0297. The minimum atomic E-state index is -1.78. The van der Waals surface area contributed by atoms with Gasteiger partial charge >= 0.3 is 0 Å². The van der Waals surface area contributed by atoms with Gasteiger partial charge in [0, 0.05) is 16.5 Å². The molecule has 164 valence electrons. The van der Waals surface area contributed by atoms with Gasteiger partial charge in [-0.2, -0.15) is 5.10 Å². The van der Waals surface area contributed by atoms with Crippen molar-refractivity contribution >= 4 is 17.4 Å². The Labute approximate surface area is 188 Å². The van der Waals surface area contributed by atoms with Gasteiger partial charge in [-0.25, -0.2) is 18.4 Å². The van der Waals surface area contributed by atoms with E-state index in [4.69, 9.17) is 4.74 Å². The zero-order valence-electron chi connectivity index (χ0n) is 17.1. The lowest BCUT2D eigenvalue weighted by Crippen LogP contribution is -2.39. The van der Waals surface area contributed by atoms with Gasteiger partial charge in [0.2, 0.25) is 0 Å². The first kappa shape index (κ1) is 21.9. The van der Waals surface area contributed by atoms with Gasteiger partial charge in [-0.1, -0.05) is 30.3 Å². The molecule has 2 heterocycles. The van der Waals surface area contributed by atoms with Gasteiger partial charge in [-0.15, -0.1) is 11.3 Å². The van der Waals surface area contributed by atoms with Crippen LogP contribution in [0.2, 0.25) is 0 Å². The van der Waals surface area contributed by atoms with Crippen LogP contribution in [0.4, 0.5) is 8.78 Å². The Kier molecular flexibility index (Phi) is 6.72. The molecular formula is C24H21F2N3O2S. The molecule has 0 spiro atoms. The van der Waals surface area contributed by atoms with E-state index in [-0.39, 0.29) is 18.7 Å². The summed E-state index contributed by atoms with van der Waals surface area (Å²) in [6.07, 6.45) is 7.67. The minimum absolute atomic E-state index is 0.0789. The number of nitrogens with zero attached hydrogens (tertiary/aromatic N) is 3. The standard InChI is InChI=1S/C24H21F2N3O2S/c25-19-8-11-22(23(26)13-19)24(30,14-29-17-27-16-28-29)15-31-20-9-6-18(7-10-20)3-1-4-21-5-2-12-32-21/h1-2,4-13,16-17,30H,3,14-15H2. The van der Waals surface area contributed by atoms with E-state index < -0.39 is 17.2 Å². The average Bonchev–Trinajstić information content (AvgIpc) is 3.47.